The summed E-state index contributed by atoms with van der Waals surface area (Å²) in [4.78, 5) is 22.9. The van der Waals surface area contributed by atoms with Crippen molar-refractivity contribution in [3.8, 4) is 11.8 Å². The molecule has 0 bridgehead atoms. The third-order valence-electron chi connectivity index (χ3n) is 3.77. The minimum absolute atomic E-state index is 0.0567. The van der Waals surface area contributed by atoms with Gasteiger partial charge >= 0.3 is 0 Å². The van der Waals surface area contributed by atoms with E-state index in [-0.39, 0.29) is 11.3 Å². The van der Waals surface area contributed by atoms with E-state index < -0.39 is 10.5 Å². The van der Waals surface area contributed by atoms with Gasteiger partial charge in [-0.15, -0.1) is 0 Å². The van der Waals surface area contributed by atoms with Crippen LogP contribution in [0.15, 0.2) is 53.3 Å². The molecule has 2 aromatic carbocycles. The summed E-state index contributed by atoms with van der Waals surface area (Å²) in [6, 6.07) is 14.9. The number of nitro groups is 1. The molecule has 0 unspecified atom stereocenters. The molecule has 0 N–H and O–H groups in total. The largest absolute Gasteiger partial charge is 0.276 e. The first-order valence-corrected chi connectivity index (χ1v) is 6.84. The number of aryl methyl sites for hydroxylation is 1. The molecule has 0 atom stereocenters. The van der Waals surface area contributed by atoms with Crippen LogP contribution in [0.25, 0.3) is 16.6 Å². The van der Waals surface area contributed by atoms with Gasteiger partial charge in [0.05, 0.1) is 10.4 Å². The Morgan fingerprint density at radius 2 is 1.78 bits per heavy atom. The van der Waals surface area contributed by atoms with Gasteiger partial charge in [-0.1, -0.05) is 18.2 Å². The van der Waals surface area contributed by atoms with Crippen molar-refractivity contribution in [1.82, 2.24) is 4.57 Å². The lowest BCUT2D eigenvalue weighted by Gasteiger charge is -2.13. The summed E-state index contributed by atoms with van der Waals surface area (Å²) >= 11 is 0. The highest BCUT2D eigenvalue weighted by molar-refractivity contribution is 5.85. The highest BCUT2D eigenvalue weighted by Gasteiger charge is 2.15. The fourth-order valence-electron chi connectivity index (χ4n) is 2.61. The van der Waals surface area contributed by atoms with Gasteiger partial charge in [0, 0.05) is 23.2 Å². The molecule has 0 aliphatic heterocycles. The number of nitro benzene ring substituents is 1. The minimum atomic E-state index is -0.499. The van der Waals surface area contributed by atoms with Crippen LogP contribution >= 0.6 is 0 Å². The van der Waals surface area contributed by atoms with Crippen LogP contribution in [-0.4, -0.2) is 9.49 Å². The van der Waals surface area contributed by atoms with Gasteiger partial charge in [-0.2, -0.15) is 5.26 Å². The van der Waals surface area contributed by atoms with E-state index in [4.69, 9.17) is 0 Å². The van der Waals surface area contributed by atoms with Crippen LogP contribution < -0.4 is 5.56 Å². The summed E-state index contributed by atoms with van der Waals surface area (Å²) in [5, 5.41) is 20.9. The SMILES string of the molecule is Cc1c(C#N)c(=O)n(-c2ccc([N+](=O)[O-])cc2)c2ccccc12. The minimum Gasteiger partial charge on any atom is -0.276 e. The van der Waals surface area contributed by atoms with Crippen LogP contribution in [0.2, 0.25) is 0 Å². The van der Waals surface area contributed by atoms with Gasteiger partial charge in [-0.25, -0.2) is 0 Å². The molecule has 0 aliphatic carbocycles. The second-order valence-electron chi connectivity index (χ2n) is 5.04. The zero-order valence-electron chi connectivity index (χ0n) is 12.2. The van der Waals surface area contributed by atoms with Crippen LogP contribution in [-0.2, 0) is 0 Å². The lowest BCUT2D eigenvalue weighted by atomic mass is 10.0. The molecule has 1 aromatic heterocycles. The standard InChI is InChI=1S/C17H11N3O3/c1-11-14-4-2-3-5-16(14)19(17(21)15(11)10-18)12-6-8-13(9-7-12)20(22)23/h2-9H,1H3. The van der Waals surface area contributed by atoms with Gasteiger partial charge in [0.2, 0.25) is 0 Å². The summed E-state index contributed by atoms with van der Waals surface area (Å²) in [5.41, 5.74) is 1.35. The highest BCUT2D eigenvalue weighted by atomic mass is 16.6. The van der Waals surface area contributed by atoms with Gasteiger partial charge in [0.1, 0.15) is 11.6 Å². The zero-order chi connectivity index (χ0) is 16.6. The highest BCUT2D eigenvalue weighted by Crippen LogP contribution is 2.23. The third-order valence-corrected chi connectivity index (χ3v) is 3.77. The number of para-hydroxylation sites is 1. The molecule has 0 radical (unpaired) electrons. The number of non-ortho nitro benzene ring substituents is 1. The second kappa shape index (κ2) is 5.39. The molecular weight excluding hydrogens is 294 g/mol. The van der Waals surface area contributed by atoms with Crippen molar-refractivity contribution < 1.29 is 4.92 Å². The first-order chi connectivity index (χ1) is 11.0. The molecule has 23 heavy (non-hydrogen) atoms. The second-order valence-corrected chi connectivity index (χ2v) is 5.04. The van der Waals surface area contributed by atoms with Crippen molar-refractivity contribution in [3.63, 3.8) is 0 Å². The van der Waals surface area contributed by atoms with E-state index in [0.717, 1.165) is 5.39 Å². The van der Waals surface area contributed by atoms with Crippen molar-refractivity contribution in [2.45, 2.75) is 6.92 Å². The molecule has 0 fully saturated rings. The molecule has 0 saturated heterocycles. The smallest absolute Gasteiger partial charge is 0.273 e. The number of hydrogen-bond acceptors (Lipinski definition) is 4. The summed E-state index contributed by atoms with van der Waals surface area (Å²) in [7, 11) is 0. The molecular formula is C17H11N3O3. The topological polar surface area (TPSA) is 88.9 Å². The molecule has 112 valence electrons. The summed E-state index contributed by atoms with van der Waals surface area (Å²) in [6.07, 6.45) is 0. The van der Waals surface area contributed by atoms with Crippen molar-refractivity contribution in [1.29, 1.82) is 5.26 Å². The molecule has 6 heteroatoms. The van der Waals surface area contributed by atoms with Crippen molar-refractivity contribution in [2.75, 3.05) is 0 Å². The third kappa shape index (κ3) is 2.24. The number of nitriles is 1. The maximum absolute atomic E-state index is 12.7. The normalized spacial score (nSPS) is 10.4. The Morgan fingerprint density at radius 3 is 2.39 bits per heavy atom. The summed E-state index contributed by atoms with van der Waals surface area (Å²) < 4.78 is 1.41. The van der Waals surface area contributed by atoms with Crippen molar-refractivity contribution >= 4 is 16.6 Å². The number of fused-ring (bicyclic) bond motifs is 1. The Kier molecular flexibility index (Phi) is 3.39. The Balaban J connectivity index is 2.39. The lowest BCUT2D eigenvalue weighted by Crippen LogP contribution is -2.22. The first-order valence-electron chi connectivity index (χ1n) is 6.84. The summed E-state index contributed by atoms with van der Waals surface area (Å²) in [5.74, 6) is 0. The zero-order valence-corrected chi connectivity index (χ0v) is 12.2. The Labute approximate surface area is 131 Å². The number of benzene rings is 2. The molecule has 6 nitrogen and oxygen atoms in total. The molecule has 0 amide bonds. The Hall–Kier alpha value is -3.46. The van der Waals surface area contributed by atoms with E-state index in [0.29, 0.717) is 16.8 Å². The van der Waals surface area contributed by atoms with E-state index in [9.17, 15) is 20.2 Å². The number of hydrogen-bond donors (Lipinski definition) is 0. The van der Waals surface area contributed by atoms with E-state index in [2.05, 4.69) is 0 Å². The summed E-state index contributed by atoms with van der Waals surface area (Å²) in [6.45, 7) is 1.74. The van der Waals surface area contributed by atoms with Gasteiger partial charge in [0.25, 0.3) is 11.2 Å². The van der Waals surface area contributed by atoms with Gasteiger partial charge in [-0.3, -0.25) is 19.5 Å². The quantitative estimate of drug-likeness (QED) is 0.537. The maximum Gasteiger partial charge on any atom is 0.273 e. The lowest BCUT2D eigenvalue weighted by molar-refractivity contribution is -0.384. The van der Waals surface area contributed by atoms with E-state index in [1.54, 1.807) is 19.1 Å². The molecule has 3 aromatic rings. The van der Waals surface area contributed by atoms with E-state index in [1.807, 2.05) is 18.2 Å². The van der Waals surface area contributed by atoms with Gasteiger partial charge in [0.15, 0.2) is 0 Å². The predicted octanol–water partition coefficient (Wildman–Crippen LogP) is 3.08. The maximum atomic E-state index is 12.7. The van der Waals surface area contributed by atoms with Gasteiger partial charge < -0.3 is 0 Å². The monoisotopic (exact) mass is 305 g/mol. The van der Waals surface area contributed by atoms with E-state index in [1.165, 1.54) is 28.8 Å². The average molecular weight is 305 g/mol. The number of pyridine rings is 1. The van der Waals surface area contributed by atoms with Crippen molar-refractivity contribution in [3.05, 3.63) is 80.1 Å². The molecule has 3 rings (SSSR count). The molecule has 0 spiro atoms. The Morgan fingerprint density at radius 1 is 1.13 bits per heavy atom. The fraction of sp³-hybridized carbons (Fsp3) is 0.0588. The van der Waals surface area contributed by atoms with Crippen molar-refractivity contribution in [2.24, 2.45) is 0 Å². The predicted molar refractivity (Wildman–Crippen MR) is 85.7 cm³/mol. The fourth-order valence-corrected chi connectivity index (χ4v) is 2.61. The van der Waals surface area contributed by atoms with Crippen LogP contribution in [0.1, 0.15) is 11.1 Å². The van der Waals surface area contributed by atoms with E-state index >= 15 is 0 Å². The molecule has 1 heterocycles. The van der Waals surface area contributed by atoms with Crippen LogP contribution in [0.5, 0.6) is 0 Å². The molecule has 0 saturated carbocycles. The van der Waals surface area contributed by atoms with Crippen LogP contribution in [0.3, 0.4) is 0 Å². The van der Waals surface area contributed by atoms with Crippen LogP contribution in [0, 0.1) is 28.4 Å². The Bertz CT molecular complexity index is 1030. The van der Waals surface area contributed by atoms with Crippen LogP contribution in [0.4, 0.5) is 5.69 Å². The number of nitrogens with zero attached hydrogens (tertiary/aromatic N) is 3. The molecule has 0 aliphatic rings. The number of rotatable bonds is 2. The van der Waals surface area contributed by atoms with Gasteiger partial charge in [-0.05, 0) is 30.7 Å². The number of aromatic nitrogens is 1. The first kappa shape index (κ1) is 14.5. The average Bonchev–Trinajstić information content (AvgIpc) is 2.56.